The van der Waals surface area contributed by atoms with Crippen molar-refractivity contribution in [2.75, 3.05) is 22.9 Å². The van der Waals surface area contributed by atoms with Crippen LogP contribution in [0.2, 0.25) is 10.0 Å². The number of nitrogens with zero attached hydrogens (tertiary/aromatic N) is 4. The lowest BCUT2D eigenvalue weighted by Gasteiger charge is -2.23. The van der Waals surface area contributed by atoms with E-state index in [9.17, 15) is 19.2 Å². The zero-order chi connectivity index (χ0) is 56.5. The number of unbranched alkanes of at least 4 members (excludes halogenated alkanes) is 10. The first-order chi connectivity index (χ1) is 38.8. The van der Waals surface area contributed by atoms with Gasteiger partial charge in [-0.25, -0.2) is 0 Å². The number of carbonyl (C=O) groups is 6. The molecule has 0 radical (unpaired) electrons. The Morgan fingerprint density at radius 2 is 0.713 bits per heavy atom. The molecule has 0 saturated heterocycles. The Hall–Kier alpha value is -6.18. The Labute approximate surface area is 488 Å². The third-order valence-electron chi connectivity index (χ3n) is 16.7. The van der Waals surface area contributed by atoms with Crippen LogP contribution in [-0.4, -0.2) is 70.4 Å². The lowest BCUT2D eigenvalue weighted by atomic mass is 9.94. The van der Waals surface area contributed by atoms with E-state index in [-0.39, 0.29) is 47.5 Å². The van der Waals surface area contributed by atoms with Crippen LogP contribution < -0.4 is 9.80 Å². The summed E-state index contributed by atoms with van der Waals surface area (Å²) in [5.74, 6) is -1.51. The predicted octanol–water partition coefficient (Wildman–Crippen LogP) is 17.7. The number of thiophene rings is 2. The van der Waals surface area contributed by atoms with Gasteiger partial charge in [-0.3, -0.25) is 38.6 Å². The molecular formula is C66H70Cl2N4O6S2. The van der Waals surface area contributed by atoms with Gasteiger partial charge >= 0.3 is 0 Å². The number of halogens is 2. The highest BCUT2D eigenvalue weighted by atomic mass is 35.5. The molecule has 6 heterocycles. The molecule has 0 unspecified atom stereocenters. The molecule has 0 fully saturated rings. The first-order valence-corrected chi connectivity index (χ1v) is 31.5. The molecule has 10 rings (SSSR count). The Kier molecular flexibility index (Phi) is 17.5. The van der Waals surface area contributed by atoms with E-state index in [1.807, 2.05) is 110 Å². The molecule has 4 aliphatic heterocycles. The standard InChI is InChI=1S/C66H70Cl2N4O6S2/c1-7-13-15-17-19-21-31-69-53-37-47(57-29-27-55(79-57)39-23-25-43-45(33-39)63(75)71(61(43)73)41(9-3)10-4)51(67)35-49(53)59(65(69)77)60-50-36-52(68)48(38-54(50)70(66(60)78)32-22-20-18-16-14-8-2)58-30-28-56(80-58)40-24-26-44-46(34-40)64(76)72(62(44)74)42(11-5)12-6/h23-30,33-38,41-42H,7-22,31-32H2,1-6H3/b60-59+. The van der Waals surface area contributed by atoms with Crippen LogP contribution in [0, 0.1) is 0 Å². The summed E-state index contributed by atoms with van der Waals surface area (Å²) < 4.78 is 0. The molecule has 0 spiro atoms. The van der Waals surface area contributed by atoms with Crippen LogP contribution in [-0.2, 0) is 9.59 Å². The minimum absolute atomic E-state index is 0.160. The minimum Gasteiger partial charge on any atom is -0.308 e. The van der Waals surface area contributed by atoms with Crippen molar-refractivity contribution in [2.45, 2.75) is 156 Å². The number of imide groups is 2. The average molecular weight is 1150 g/mol. The molecule has 4 aromatic carbocycles. The molecule has 6 aromatic rings. The largest absolute Gasteiger partial charge is 0.308 e. The highest BCUT2D eigenvalue weighted by Crippen LogP contribution is 2.52. The zero-order valence-corrected chi connectivity index (χ0v) is 49.9. The van der Waals surface area contributed by atoms with E-state index in [0.717, 1.165) is 119 Å². The van der Waals surface area contributed by atoms with Crippen molar-refractivity contribution < 1.29 is 28.8 Å². The van der Waals surface area contributed by atoms with E-state index < -0.39 is 0 Å². The second kappa shape index (κ2) is 24.5. The molecule has 2 aromatic heterocycles. The summed E-state index contributed by atoms with van der Waals surface area (Å²) >= 11 is 17.8. The lowest BCUT2D eigenvalue weighted by molar-refractivity contribution is -0.114. The summed E-state index contributed by atoms with van der Waals surface area (Å²) in [4.78, 5) is 94.9. The van der Waals surface area contributed by atoms with Gasteiger partial charge < -0.3 is 9.80 Å². The first-order valence-electron chi connectivity index (χ1n) is 29.1. The third-order valence-corrected chi connectivity index (χ3v) is 19.7. The van der Waals surface area contributed by atoms with Gasteiger partial charge in [-0.05, 0) is 122 Å². The summed E-state index contributed by atoms with van der Waals surface area (Å²) in [5, 5.41) is 0.860. The number of amides is 6. The Bertz CT molecular complexity index is 3250. The number of hydrogen-bond acceptors (Lipinski definition) is 8. The molecule has 0 bridgehead atoms. The number of fused-ring (bicyclic) bond motifs is 4. The van der Waals surface area contributed by atoms with Crippen molar-refractivity contribution in [3.8, 4) is 41.8 Å². The van der Waals surface area contributed by atoms with E-state index >= 15 is 9.59 Å². The summed E-state index contributed by atoms with van der Waals surface area (Å²) in [6.45, 7) is 13.3. The highest BCUT2D eigenvalue weighted by molar-refractivity contribution is 7.19. The number of rotatable bonds is 24. The monoisotopic (exact) mass is 1150 g/mol. The van der Waals surface area contributed by atoms with Gasteiger partial charge in [0.1, 0.15) is 0 Å². The van der Waals surface area contributed by atoms with Gasteiger partial charge in [0, 0.05) is 77.0 Å². The lowest BCUT2D eigenvalue weighted by Crippen LogP contribution is -2.39. The van der Waals surface area contributed by atoms with Crippen molar-refractivity contribution in [1.29, 1.82) is 0 Å². The van der Waals surface area contributed by atoms with E-state index in [0.29, 0.717) is 105 Å². The highest BCUT2D eigenvalue weighted by Gasteiger charge is 2.44. The topological polar surface area (TPSA) is 115 Å². The van der Waals surface area contributed by atoms with Crippen molar-refractivity contribution in [1.82, 2.24) is 9.80 Å². The van der Waals surface area contributed by atoms with Crippen LogP contribution in [0.25, 0.3) is 52.9 Å². The average Bonchev–Trinajstić information content (AvgIpc) is 4.43. The van der Waals surface area contributed by atoms with Crippen LogP contribution in [0.3, 0.4) is 0 Å². The van der Waals surface area contributed by atoms with Gasteiger partial charge in [0.2, 0.25) is 0 Å². The Balaban J connectivity index is 1.02. The molecule has 6 amide bonds. The van der Waals surface area contributed by atoms with Crippen molar-refractivity contribution in [2.24, 2.45) is 0 Å². The maximum absolute atomic E-state index is 15.4. The van der Waals surface area contributed by atoms with Crippen LogP contribution in [0.5, 0.6) is 0 Å². The Morgan fingerprint density at radius 3 is 1.09 bits per heavy atom. The molecule has 10 nitrogen and oxygen atoms in total. The fourth-order valence-electron chi connectivity index (χ4n) is 12.2. The minimum atomic E-state index is -0.260. The van der Waals surface area contributed by atoms with Gasteiger partial charge in [-0.2, -0.15) is 0 Å². The number of benzene rings is 4. The third kappa shape index (κ3) is 10.4. The second-order valence-corrected chi connectivity index (χ2v) is 24.6. The summed E-state index contributed by atoms with van der Waals surface area (Å²) in [5.41, 5.74) is 8.04. The van der Waals surface area contributed by atoms with Crippen LogP contribution >= 0.6 is 45.9 Å². The van der Waals surface area contributed by atoms with Crippen LogP contribution in [0.1, 0.15) is 197 Å². The van der Waals surface area contributed by atoms with Crippen molar-refractivity contribution in [3.63, 3.8) is 0 Å². The van der Waals surface area contributed by atoms with E-state index in [2.05, 4.69) is 13.8 Å². The molecule has 0 saturated carbocycles. The van der Waals surface area contributed by atoms with Crippen molar-refractivity contribution >= 4 is 104 Å². The Morgan fingerprint density at radius 1 is 0.362 bits per heavy atom. The molecule has 14 heteroatoms. The van der Waals surface area contributed by atoms with E-state index in [4.69, 9.17) is 23.2 Å². The van der Waals surface area contributed by atoms with Crippen LogP contribution in [0.15, 0.2) is 84.9 Å². The fraction of sp³-hybridized carbons (Fsp3) is 0.394. The maximum Gasteiger partial charge on any atom is 0.261 e. The first kappa shape index (κ1) is 57.1. The molecule has 80 heavy (non-hydrogen) atoms. The van der Waals surface area contributed by atoms with Gasteiger partial charge in [0.15, 0.2) is 0 Å². The molecule has 416 valence electrons. The summed E-state index contributed by atoms with van der Waals surface area (Å²) in [7, 11) is 0. The van der Waals surface area contributed by atoms with E-state index in [1.54, 1.807) is 12.1 Å². The second-order valence-electron chi connectivity index (χ2n) is 21.6. The number of anilines is 2. The molecule has 4 aliphatic rings. The van der Waals surface area contributed by atoms with Gasteiger partial charge in [-0.1, -0.05) is 141 Å². The molecule has 0 aliphatic carbocycles. The van der Waals surface area contributed by atoms with Gasteiger partial charge in [0.05, 0.1) is 44.8 Å². The van der Waals surface area contributed by atoms with Gasteiger partial charge in [0.25, 0.3) is 35.4 Å². The summed E-state index contributed by atoms with van der Waals surface area (Å²) in [6.07, 6.45) is 15.2. The maximum atomic E-state index is 15.4. The normalized spacial score (nSPS) is 15.8. The molecule has 0 N–H and O–H groups in total. The molecule has 0 atom stereocenters. The van der Waals surface area contributed by atoms with Gasteiger partial charge in [-0.15, -0.1) is 22.7 Å². The number of hydrogen-bond donors (Lipinski definition) is 0. The predicted molar refractivity (Wildman–Crippen MR) is 328 cm³/mol. The van der Waals surface area contributed by atoms with Crippen molar-refractivity contribution in [3.05, 3.63) is 128 Å². The SMILES string of the molecule is CCCCCCCCN1C(=O)/C(=C2/C(=O)N(CCCCCCCC)c3cc(-c4ccc(-c5ccc6c(c5)C(=O)N(C(CC)CC)C6=O)s4)c(Cl)cc32)c2cc(Cl)c(-c3ccc(-c4ccc5c(c4)C(=O)N(C(CC)CC)C5=O)s3)cc21. The zero-order valence-electron chi connectivity index (χ0n) is 46.8. The smallest absolute Gasteiger partial charge is 0.261 e. The quantitative estimate of drug-likeness (QED) is 0.0339. The number of carbonyl (C=O) groups excluding carboxylic acids is 6. The molecular weight excluding hydrogens is 1080 g/mol. The fourth-order valence-corrected chi connectivity index (χ4v) is 14.9. The van der Waals surface area contributed by atoms with E-state index in [1.165, 1.54) is 32.5 Å². The van der Waals surface area contributed by atoms with Crippen LogP contribution in [0.4, 0.5) is 11.4 Å². The summed E-state index contributed by atoms with van der Waals surface area (Å²) in [6, 6.07) is 26.3.